The number of rotatable bonds is 6. The summed E-state index contributed by atoms with van der Waals surface area (Å²) in [5, 5.41) is 11.0. The molecule has 0 amide bonds. The maximum absolute atomic E-state index is 12.9. The maximum Gasteiger partial charge on any atom is 0.408 e. The zero-order valence-corrected chi connectivity index (χ0v) is 19.2. The van der Waals surface area contributed by atoms with Crippen molar-refractivity contribution in [1.29, 1.82) is 0 Å². The average Bonchev–Trinajstić information content (AvgIpc) is 3.35. The SMILES string of the molecule is C=C(NC1CCCOCC1)c1cnn2ccc(-c3c[nH]c4nc(NC(C)C(F)(F)F)ncc34)cc12. The number of fused-ring (bicyclic) bond motifs is 2. The summed E-state index contributed by atoms with van der Waals surface area (Å²) in [5.74, 6) is -0.0875. The summed E-state index contributed by atoms with van der Waals surface area (Å²) >= 11 is 0. The van der Waals surface area contributed by atoms with Crippen LogP contribution in [-0.4, -0.2) is 56.0 Å². The highest BCUT2D eigenvalue weighted by atomic mass is 19.4. The zero-order chi connectivity index (χ0) is 24.6. The van der Waals surface area contributed by atoms with Gasteiger partial charge in [0.15, 0.2) is 0 Å². The lowest BCUT2D eigenvalue weighted by atomic mass is 10.1. The second-order valence-electron chi connectivity index (χ2n) is 8.73. The van der Waals surface area contributed by atoms with Crippen LogP contribution in [0, 0.1) is 0 Å². The van der Waals surface area contributed by atoms with E-state index in [0.29, 0.717) is 17.1 Å². The molecule has 5 rings (SSSR count). The van der Waals surface area contributed by atoms with E-state index in [1.807, 2.05) is 18.3 Å². The van der Waals surface area contributed by atoms with Gasteiger partial charge in [0, 0.05) is 60.1 Å². The Hall–Kier alpha value is -3.60. The summed E-state index contributed by atoms with van der Waals surface area (Å²) in [7, 11) is 0. The fourth-order valence-corrected chi connectivity index (χ4v) is 4.24. The lowest BCUT2D eigenvalue weighted by Gasteiger charge is -2.18. The molecule has 1 aliphatic heterocycles. The molecule has 8 nitrogen and oxygen atoms in total. The Labute approximate surface area is 199 Å². The fourth-order valence-electron chi connectivity index (χ4n) is 4.24. The molecule has 0 spiro atoms. The molecular formula is C24H26F3N7O. The van der Waals surface area contributed by atoms with Gasteiger partial charge in [-0.05, 0) is 43.9 Å². The van der Waals surface area contributed by atoms with Crippen molar-refractivity contribution in [2.24, 2.45) is 0 Å². The second kappa shape index (κ2) is 9.21. The number of nitrogens with zero attached hydrogens (tertiary/aromatic N) is 4. The topological polar surface area (TPSA) is 92.2 Å². The molecule has 2 atom stereocenters. The summed E-state index contributed by atoms with van der Waals surface area (Å²) in [5.41, 5.74) is 4.78. The maximum atomic E-state index is 12.9. The van der Waals surface area contributed by atoms with Crippen molar-refractivity contribution in [3.05, 3.63) is 49.1 Å². The lowest BCUT2D eigenvalue weighted by molar-refractivity contribution is -0.138. The van der Waals surface area contributed by atoms with Crippen LogP contribution in [0.3, 0.4) is 0 Å². The number of pyridine rings is 1. The van der Waals surface area contributed by atoms with Gasteiger partial charge in [-0.2, -0.15) is 23.3 Å². The first-order chi connectivity index (χ1) is 16.8. The Kier molecular flexibility index (Phi) is 6.10. The zero-order valence-electron chi connectivity index (χ0n) is 19.2. The van der Waals surface area contributed by atoms with Crippen LogP contribution in [0.4, 0.5) is 19.1 Å². The minimum atomic E-state index is -4.39. The molecule has 0 bridgehead atoms. The normalized spacial score (nSPS) is 17.9. The number of halogens is 3. The lowest BCUT2D eigenvalue weighted by Crippen LogP contribution is -2.33. The predicted molar refractivity (Wildman–Crippen MR) is 128 cm³/mol. The van der Waals surface area contributed by atoms with Crippen LogP contribution < -0.4 is 10.6 Å². The van der Waals surface area contributed by atoms with Crippen molar-refractivity contribution in [3.63, 3.8) is 0 Å². The molecule has 0 aliphatic carbocycles. The standard InChI is InChI=1S/C24H26F3N7O/c1-14(31-17-4-3-8-35-9-6-17)18-13-30-34-7-5-16(10-21(18)34)19-11-28-22-20(19)12-29-23(33-22)32-15(2)24(25,26)27/h5,7,10-13,15,17,31H,1,3-4,6,8-9H2,2H3,(H2,28,29,32,33). The Morgan fingerprint density at radius 1 is 1.29 bits per heavy atom. The van der Waals surface area contributed by atoms with Crippen molar-refractivity contribution >= 4 is 28.2 Å². The quantitative estimate of drug-likeness (QED) is 0.365. The Morgan fingerprint density at radius 3 is 2.97 bits per heavy atom. The number of H-pyrrole nitrogens is 1. The molecule has 5 heterocycles. The number of nitrogens with one attached hydrogen (secondary N) is 3. The molecule has 1 aliphatic rings. The number of aromatic nitrogens is 5. The number of ether oxygens (including phenoxy) is 1. The molecule has 2 unspecified atom stereocenters. The van der Waals surface area contributed by atoms with Crippen LogP contribution in [-0.2, 0) is 4.74 Å². The largest absolute Gasteiger partial charge is 0.408 e. The van der Waals surface area contributed by atoms with Gasteiger partial charge in [0.2, 0.25) is 5.95 Å². The highest BCUT2D eigenvalue weighted by Crippen LogP contribution is 2.31. The molecule has 35 heavy (non-hydrogen) atoms. The van der Waals surface area contributed by atoms with E-state index in [2.05, 4.69) is 37.3 Å². The molecule has 0 radical (unpaired) electrons. The van der Waals surface area contributed by atoms with Gasteiger partial charge in [0.05, 0.1) is 11.7 Å². The predicted octanol–water partition coefficient (Wildman–Crippen LogP) is 4.76. The summed E-state index contributed by atoms with van der Waals surface area (Å²) in [6.07, 6.45) is 5.53. The molecule has 184 valence electrons. The van der Waals surface area contributed by atoms with Crippen LogP contribution in [0.5, 0.6) is 0 Å². The monoisotopic (exact) mass is 485 g/mol. The Morgan fingerprint density at radius 2 is 2.14 bits per heavy atom. The minimum Gasteiger partial charge on any atom is -0.382 e. The second-order valence-corrected chi connectivity index (χ2v) is 8.73. The van der Waals surface area contributed by atoms with E-state index >= 15 is 0 Å². The van der Waals surface area contributed by atoms with E-state index in [1.165, 1.54) is 6.20 Å². The molecule has 0 aromatic carbocycles. The van der Waals surface area contributed by atoms with Crippen LogP contribution >= 0.6 is 0 Å². The van der Waals surface area contributed by atoms with E-state index in [1.54, 1.807) is 16.9 Å². The third-order valence-corrected chi connectivity index (χ3v) is 6.26. The van der Waals surface area contributed by atoms with Gasteiger partial charge in [-0.1, -0.05) is 6.58 Å². The van der Waals surface area contributed by atoms with Gasteiger partial charge in [0.25, 0.3) is 0 Å². The van der Waals surface area contributed by atoms with E-state index in [-0.39, 0.29) is 5.95 Å². The van der Waals surface area contributed by atoms with Crippen LogP contribution in [0.2, 0.25) is 0 Å². The third kappa shape index (κ3) is 4.81. The molecular weight excluding hydrogens is 459 g/mol. The molecule has 4 aromatic heterocycles. The van der Waals surface area contributed by atoms with Gasteiger partial charge < -0.3 is 20.4 Å². The number of anilines is 1. The molecule has 4 aromatic rings. The number of hydrogen-bond acceptors (Lipinski definition) is 6. The van der Waals surface area contributed by atoms with Gasteiger partial charge in [0.1, 0.15) is 11.7 Å². The third-order valence-electron chi connectivity index (χ3n) is 6.26. The molecule has 3 N–H and O–H groups in total. The summed E-state index contributed by atoms with van der Waals surface area (Å²) in [4.78, 5) is 11.4. The summed E-state index contributed by atoms with van der Waals surface area (Å²) in [6, 6.07) is 2.47. The van der Waals surface area contributed by atoms with Crippen molar-refractivity contribution in [2.75, 3.05) is 18.5 Å². The summed E-state index contributed by atoms with van der Waals surface area (Å²) < 4.78 is 45.9. The van der Waals surface area contributed by atoms with Crippen molar-refractivity contribution in [3.8, 4) is 11.1 Å². The highest BCUT2D eigenvalue weighted by Gasteiger charge is 2.36. The van der Waals surface area contributed by atoms with E-state index in [4.69, 9.17) is 4.74 Å². The van der Waals surface area contributed by atoms with Crippen molar-refractivity contribution in [2.45, 2.75) is 44.4 Å². The molecule has 0 saturated carbocycles. The minimum absolute atomic E-state index is 0.0875. The van der Waals surface area contributed by atoms with Gasteiger partial charge in [-0.15, -0.1) is 0 Å². The van der Waals surface area contributed by atoms with Gasteiger partial charge in [-0.25, -0.2) is 9.50 Å². The Bertz CT molecular complexity index is 1350. The van der Waals surface area contributed by atoms with Crippen LogP contribution in [0.25, 0.3) is 33.4 Å². The smallest absolute Gasteiger partial charge is 0.382 e. The van der Waals surface area contributed by atoms with Crippen molar-refractivity contribution in [1.82, 2.24) is 29.9 Å². The summed E-state index contributed by atoms with van der Waals surface area (Å²) in [6.45, 7) is 6.80. The number of aromatic amines is 1. The Balaban J connectivity index is 1.42. The first-order valence-corrected chi connectivity index (χ1v) is 11.5. The van der Waals surface area contributed by atoms with Gasteiger partial charge >= 0.3 is 6.18 Å². The van der Waals surface area contributed by atoms with Crippen molar-refractivity contribution < 1.29 is 17.9 Å². The van der Waals surface area contributed by atoms with Gasteiger partial charge in [-0.3, -0.25) is 0 Å². The van der Waals surface area contributed by atoms with Crippen LogP contribution in [0.15, 0.2) is 43.5 Å². The molecule has 1 fully saturated rings. The highest BCUT2D eigenvalue weighted by molar-refractivity contribution is 5.94. The van der Waals surface area contributed by atoms with E-state index < -0.39 is 12.2 Å². The van der Waals surface area contributed by atoms with E-state index in [0.717, 1.165) is 67.3 Å². The molecule has 1 saturated heterocycles. The fraction of sp³-hybridized carbons (Fsp3) is 0.375. The van der Waals surface area contributed by atoms with E-state index in [9.17, 15) is 13.2 Å². The average molecular weight is 486 g/mol. The molecule has 11 heteroatoms. The number of alkyl halides is 3. The first kappa shape index (κ1) is 23.2. The number of hydrogen-bond donors (Lipinski definition) is 3. The first-order valence-electron chi connectivity index (χ1n) is 11.5. The van der Waals surface area contributed by atoms with Crippen LogP contribution in [0.1, 0.15) is 31.7 Å².